The Morgan fingerprint density at radius 3 is 2.71 bits per heavy atom. The van der Waals surface area contributed by atoms with E-state index in [0.29, 0.717) is 16.3 Å². The highest BCUT2D eigenvalue weighted by atomic mass is 32.1. The van der Waals surface area contributed by atoms with Crippen LogP contribution in [0.15, 0.2) is 34.7 Å². The number of amides is 2. The van der Waals surface area contributed by atoms with Crippen molar-refractivity contribution < 1.29 is 18.9 Å². The van der Waals surface area contributed by atoms with E-state index in [1.165, 1.54) is 24.3 Å². The number of carbonyl (C=O) groups is 2. The van der Waals surface area contributed by atoms with Gasteiger partial charge in [-0.15, -0.1) is 0 Å². The van der Waals surface area contributed by atoms with Crippen LogP contribution in [0.1, 0.15) is 17.5 Å². The average molecular weight is 346 g/mol. The Morgan fingerprint density at radius 2 is 2.04 bits per heavy atom. The molecule has 122 valence electrons. The predicted octanol–water partition coefficient (Wildman–Crippen LogP) is 3.01. The molecule has 1 aromatic carbocycles. The van der Waals surface area contributed by atoms with Gasteiger partial charge in [0.1, 0.15) is 4.92 Å². The molecule has 0 aliphatic carbocycles. The van der Waals surface area contributed by atoms with Gasteiger partial charge >= 0.3 is 5.88 Å². The molecule has 0 spiro atoms. The Hall–Kier alpha value is -3.27. The van der Waals surface area contributed by atoms with E-state index in [9.17, 15) is 19.7 Å². The Kier molecular flexibility index (Phi) is 3.96. The molecule has 0 fully saturated rings. The van der Waals surface area contributed by atoms with Crippen LogP contribution in [0.3, 0.4) is 0 Å². The number of furan rings is 1. The summed E-state index contributed by atoms with van der Waals surface area (Å²) in [4.78, 5) is 37.2. The summed E-state index contributed by atoms with van der Waals surface area (Å²) in [5, 5.41) is 16.2. The number of nitro groups is 1. The van der Waals surface area contributed by atoms with Crippen molar-refractivity contribution in [2.45, 2.75) is 6.92 Å². The second kappa shape index (κ2) is 6.08. The molecule has 0 aliphatic rings. The van der Waals surface area contributed by atoms with E-state index in [0.717, 1.165) is 10.8 Å². The van der Waals surface area contributed by atoms with Crippen LogP contribution >= 0.6 is 11.3 Å². The van der Waals surface area contributed by atoms with Crippen LogP contribution in [0.4, 0.5) is 16.7 Å². The average Bonchev–Trinajstić information content (AvgIpc) is 3.12. The Balaban J connectivity index is 1.79. The number of nitrogens with zero attached hydrogens (tertiary/aromatic N) is 2. The molecule has 2 heterocycles. The van der Waals surface area contributed by atoms with Crippen molar-refractivity contribution in [3.8, 4) is 0 Å². The minimum Gasteiger partial charge on any atom is -0.395 e. The monoisotopic (exact) mass is 346 g/mol. The number of rotatable bonds is 4. The molecular formula is C14H10N4O5S. The van der Waals surface area contributed by atoms with Crippen LogP contribution in [0, 0.1) is 10.1 Å². The first kappa shape index (κ1) is 15.6. The molecule has 0 radical (unpaired) electrons. The lowest BCUT2D eigenvalue weighted by Crippen LogP contribution is -2.10. The van der Waals surface area contributed by atoms with Crippen LogP contribution in [0.2, 0.25) is 0 Å². The maximum atomic E-state index is 12.0. The van der Waals surface area contributed by atoms with E-state index >= 15 is 0 Å². The van der Waals surface area contributed by atoms with E-state index in [-0.39, 0.29) is 11.7 Å². The highest BCUT2D eigenvalue weighted by Gasteiger charge is 2.17. The fourth-order valence-corrected chi connectivity index (χ4v) is 2.90. The van der Waals surface area contributed by atoms with Crippen molar-refractivity contribution in [3.63, 3.8) is 0 Å². The molecule has 0 bridgehead atoms. The van der Waals surface area contributed by atoms with Crippen molar-refractivity contribution in [1.29, 1.82) is 0 Å². The molecule has 0 aliphatic heterocycles. The highest BCUT2D eigenvalue weighted by molar-refractivity contribution is 7.22. The number of anilines is 2. The standard InChI is InChI=1S/C14H10N4O5S/c1-7(19)15-14-17-9-3-2-8(6-11(9)24-14)16-13(20)10-4-5-12(23-10)18(21)22/h2-6H,1H3,(H,16,20)(H,15,17,19). The van der Waals surface area contributed by atoms with Gasteiger partial charge in [0, 0.05) is 12.6 Å². The van der Waals surface area contributed by atoms with Crippen molar-refractivity contribution in [3.05, 3.63) is 46.2 Å². The lowest BCUT2D eigenvalue weighted by molar-refractivity contribution is -0.402. The second-order valence-electron chi connectivity index (χ2n) is 4.73. The van der Waals surface area contributed by atoms with Gasteiger partial charge in [-0.25, -0.2) is 4.98 Å². The summed E-state index contributed by atoms with van der Waals surface area (Å²) in [6, 6.07) is 7.36. The van der Waals surface area contributed by atoms with Crippen molar-refractivity contribution >= 4 is 50.1 Å². The molecule has 10 heteroatoms. The number of hydrogen-bond acceptors (Lipinski definition) is 7. The molecule has 0 unspecified atom stereocenters. The zero-order valence-electron chi connectivity index (χ0n) is 12.2. The summed E-state index contributed by atoms with van der Waals surface area (Å²) in [5.74, 6) is -1.49. The minimum atomic E-state index is -0.719. The fourth-order valence-electron chi connectivity index (χ4n) is 1.95. The maximum absolute atomic E-state index is 12.0. The third kappa shape index (κ3) is 3.22. The van der Waals surface area contributed by atoms with Crippen LogP contribution in [0.25, 0.3) is 10.2 Å². The molecule has 2 N–H and O–H groups in total. The lowest BCUT2D eigenvalue weighted by atomic mass is 10.3. The third-order valence-electron chi connectivity index (χ3n) is 2.92. The van der Waals surface area contributed by atoms with Crippen LogP contribution in [-0.4, -0.2) is 21.7 Å². The van der Waals surface area contributed by atoms with Crippen LogP contribution < -0.4 is 10.6 Å². The number of hydrogen-bond donors (Lipinski definition) is 2. The van der Waals surface area contributed by atoms with Gasteiger partial charge in [0.2, 0.25) is 5.91 Å². The molecule has 3 aromatic rings. The van der Waals surface area contributed by atoms with Crippen molar-refractivity contribution in [2.75, 3.05) is 10.6 Å². The summed E-state index contributed by atoms with van der Waals surface area (Å²) >= 11 is 1.26. The normalized spacial score (nSPS) is 10.5. The zero-order valence-corrected chi connectivity index (χ0v) is 13.0. The summed E-state index contributed by atoms with van der Waals surface area (Å²) in [6.45, 7) is 1.39. The topological polar surface area (TPSA) is 127 Å². The molecule has 2 amide bonds. The minimum absolute atomic E-state index is 0.162. The number of benzene rings is 1. The van der Waals surface area contributed by atoms with E-state index in [2.05, 4.69) is 15.6 Å². The maximum Gasteiger partial charge on any atom is 0.433 e. The molecular weight excluding hydrogens is 336 g/mol. The third-order valence-corrected chi connectivity index (χ3v) is 3.86. The Labute approximate surface area is 138 Å². The molecule has 0 saturated carbocycles. The molecule has 3 rings (SSSR count). The summed E-state index contributed by atoms with van der Waals surface area (Å²) in [6.07, 6.45) is 0. The molecule has 0 saturated heterocycles. The lowest BCUT2D eigenvalue weighted by Gasteiger charge is -2.02. The van der Waals surface area contributed by atoms with Crippen LogP contribution in [-0.2, 0) is 4.79 Å². The quantitative estimate of drug-likeness (QED) is 0.552. The Bertz CT molecular complexity index is 961. The molecule has 2 aromatic heterocycles. The first-order chi connectivity index (χ1) is 11.4. The molecule has 9 nitrogen and oxygen atoms in total. The fraction of sp³-hybridized carbons (Fsp3) is 0.0714. The van der Waals surface area contributed by atoms with Gasteiger partial charge in [0.25, 0.3) is 5.91 Å². The highest BCUT2D eigenvalue weighted by Crippen LogP contribution is 2.28. The van der Waals surface area contributed by atoms with Crippen molar-refractivity contribution in [1.82, 2.24) is 4.98 Å². The van der Waals surface area contributed by atoms with E-state index in [1.807, 2.05) is 0 Å². The SMILES string of the molecule is CC(=O)Nc1nc2ccc(NC(=O)c3ccc([N+](=O)[O-])o3)cc2s1. The number of thiazole rings is 1. The predicted molar refractivity (Wildman–Crippen MR) is 87.2 cm³/mol. The number of aromatic nitrogens is 1. The van der Waals surface area contributed by atoms with Gasteiger partial charge < -0.3 is 15.1 Å². The summed E-state index contributed by atoms with van der Waals surface area (Å²) in [5.41, 5.74) is 1.15. The molecule has 24 heavy (non-hydrogen) atoms. The van der Waals surface area contributed by atoms with Gasteiger partial charge in [-0.1, -0.05) is 11.3 Å². The van der Waals surface area contributed by atoms with E-state index in [1.54, 1.807) is 18.2 Å². The number of nitrogens with one attached hydrogen (secondary N) is 2. The van der Waals surface area contributed by atoms with Gasteiger partial charge in [-0.3, -0.25) is 19.7 Å². The van der Waals surface area contributed by atoms with Gasteiger partial charge in [0.05, 0.1) is 16.3 Å². The van der Waals surface area contributed by atoms with E-state index < -0.39 is 16.7 Å². The Morgan fingerprint density at radius 1 is 1.25 bits per heavy atom. The summed E-state index contributed by atoms with van der Waals surface area (Å²) in [7, 11) is 0. The van der Waals surface area contributed by atoms with Gasteiger partial charge in [-0.05, 0) is 24.3 Å². The summed E-state index contributed by atoms with van der Waals surface area (Å²) < 4.78 is 5.61. The molecule has 0 atom stereocenters. The largest absolute Gasteiger partial charge is 0.433 e. The van der Waals surface area contributed by atoms with Crippen LogP contribution in [0.5, 0.6) is 0 Å². The first-order valence-electron chi connectivity index (χ1n) is 6.66. The first-order valence-corrected chi connectivity index (χ1v) is 7.48. The smallest absolute Gasteiger partial charge is 0.395 e. The van der Waals surface area contributed by atoms with Gasteiger partial charge in [-0.2, -0.15) is 0 Å². The van der Waals surface area contributed by atoms with E-state index in [4.69, 9.17) is 4.42 Å². The van der Waals surface area contributed by atoms with Gasteiger partial charge in [0.15, 0.2) is 10.9 Å². The zero-order chi connectivity index (χ0) is 17.3. The van der Waals surface area contributed by atoms with Crippen molar-refractivity contribution in [2.24, 2.45) is 0 Å². The number of fused-ring (bicyclic) bond motifs is 1. The second-order valence-corrected chi connectivity index (χ2v) is 5.76. The number of carbonyl (C=O) groups excluding carboxylic acids is 2.